The second-order valence-electron chi connectivity index (χ2n) is 6.02. The largest absolute Gasteiger partial charge is 0.380 e. The van der Waals surface area contributed by atoms with Gasteiger partial charge in [-0.25, -0.2) is 4.99 Å². The monoisotopic (exact) mass is 476 g/mol. The number of hydrogen-bond donors (Lipinski definition) is 2. The number of ether oxygens (including phenoxy) is 2. The molecule has 2 rings (SSSR count). The van der Waals surface area contributed by atoms with Gasteiger partial charge < -0.3 is 20.1 Å². The van der Waals surface area contributed by atoms with Crippen molar-refractivity contribution in [1.82, 2.24) is 15.5 Å². The van der Waals surface area contributed by atoms with Gasteiger partial charge >= 0.3 is 0 Å². The van der Waals surface area contributed by atoms with Crippen molar-refractivity contribution in [2.75, 3.05) is 52.6 Å². The number of guanidine groups is 1. The van der Waals surface area contributed by atoms with Crippen LogP contribution < -0.4 is 10.6 Å². The molecule has 2 N–H and O–H groups in total. The van der Waals surface area contributed by atoms with Crippen LogP contribution in [0, 0.1) is 0 Å². The highest BCUT2D eigenvalue weighted by Gasteiger charge is 2.10. The van der Waals surface area contributed by atoms with Crippen LogP contribution in [0.4, 0.5) is 0 Å². The highest BCUT2D eigenvalue weighted by atomic mass is 127. The Morgan fingerprint density at radius 3 is 2.46 bits per heavy atom. The molecular formula is C19H33IN4O2. The quantitative estimate of drug-likeness (QED) is 0.248. The first-order valence-electron chi connectivity index (χ1n) is 9.29. The van der Waals surface area contributed by atoms with E-state index in [1.54, 1.807) is 0 Å². The lowest BCUT2D eigenvalue weighted by Crippen LogP contribution is -2.39. The van der Waals surface area contributed by atoms with E-state index in [1.165, 1.54) is 11.1 Å². The maximum absolute atomic E-state index is 5.40. The Morgan fingerprint density at radius 1 is 1.12 bits per heavy atom. The molecule has 0 amide bonds. The highest BCUT2D eigenvalue weighted by Crippen LogP contribution is 2.10. The topological polar surface area (TPSA) is 58.1 Å². The van der Waals surface area contributed by atoms with Gasteiger partial charge in [-0.15, -0.1) is 24.0 Å². The predicted molar refractivity (Wildman–Crippen MR) is 117 cm³/mol. The molecule has 1 aliphatic rings. The highest BCUT2D eigenvalue weighted by molar-refractivity contribution is 14.0. The normalized spacial score (nSPS) is 15.4. The molecule has 6 nitrogen and oxygen atoms in total. The third-order valence-electron chi connectivity index (χ3n) is 4.04. The number of nitrogens with one attached hydrogen (secondary N) is 2. The lowest BCUT2D eigenvalue weighted by atomic mass is 10.1. The lowest BCUT2D eigenvalue weighted by molar-refractivity contribution is 0.0342. The molecule has 1 saturated heterocycles. The van der Waals surface area contributed by atoms with E-state index in [0.29, 0.717) is 13.2 Å². The summed E-state index contributed by atoms with van der Waals surface area (Å²) in [6.45, 7) is 12.5. The van der Waals surface area contributed by atoms with E-state index in [1.807, 2.05) is 6.92 Å². The fourth-order valence-electron chi connectivity index (χ4n) is 2.67. The minimum Gasteiger partial charge on any atom is -0.380 e. The van der Waals surface area contributed by atoms with Gasteiger partial charge in [0.1, 0.15) is 0 Å². The number of hydrogen-bond acceptors (Lipinski definition) is 4. The van der Waals surface area contributed by atoms with Crippen LogP contribution in [0.15, 0.2) is 29.3 Å². The fraction of sp³-hybridized carbons (Fsp3) is 0.632. The lowest BCUT2D eigenvalue weighted by Gasteiger charge is -2.26. The minimum atomic E-state index is 0. The first-order chi connectivity index (χ1) is 12.3. The van der Waals surface area contributed by atoms with Crippen LogP contribution in [-0.2, 0) is 22.6 Å². The van der Waals surface area contributed by atoms with Crippen molar-refractivity contribution in [3.05, 3.63) is 35.4 Å². The smallest absolute Gasteiger partial charge is 0.191 e. The molecule has 0 aliphatic carbocycles. The first-order valence-corrected chi connectivity index (χ1v) is 9.29. The minimum absolute atomic E-state index is 0. The van der Waals surface area contributed by atoms with Crippen molar-refractivity contribution in [2.24, 2.45) is 4.99 Å². The average molecular weight is 476 g/mol. The molecule has 0 bridgehead atoms. The van der Waals surface area contributed by atoms with Gasteiger partial charge in [0.15, 0.2) is 5.96 Å². The SMILES string of the molecule is CCNC(=NCc1ccc(CN2CCOCC2)cc1)NCCOCC.I. The van der Waals surface area contributed by atoms with Crippen molar-refractivity contribution in [2.45, 2.75) is 26.9 Å². The predicted octanol–water partition coefficient (Wildman–Crippen LogP) is 2.23. The van der Waals surface area contributed by atoms with E-state index in [9.17, 15) is 0 Å². The third-order valence-corrected chi connectivity index (χ3v) is 4.04. The molecule has 7 heteroatoms. The molecule has 0 atom stereocenters. The Bertz CT molecular complexity index is 505. The van der Waals surface area contributed by atoms with Crippen LogP contribution in [0.25, 0.3) is 0 Å². The summed E-state index contributed by atoms with van der Waals surface area (Å²) in [5.74, 6) is 0.833. The molecule has 0 radical (unpaired) electrons. The van der Waals surface area contributed by atoms with Crippen LogP contribution in [0.2, 0.25) is 0 Å². The van der Waals surface area contributed by atoms with E-state index in [4.69, 9.17) is 9.47 Å². The molecule has 0 unspecified atom stereocenters. The van der Waals surface area contributed by atoms with Crippen LogP contribution >= 0.6 is 24.0 Å². The first kappa shape index (κ1) is 23.1. The maximum atomic E-state index is 5.40. The Labute approximate surface area is 174 Å². The van der Waals surface area contributed by atoms with Gasteiger partial charge in [-0.05, 0) is 25.0 Å². The fourth-order valence-corrected chi connectivity index (χ4v) is 2.67. The molecule has 0 spiro atoms. The zero-order chi connectivity index (χ0) is 17.7. The Balaban J connectivity index is 0.00000338. The Morgan fingerprint density at radius 2 is 1.81 bits per heavy atom. The second-order valence-corrected chi connectivity index (χ2v) is 6.02. The van der Waals surface area contributed by atoms with Gasteiger partial charge in [-0.1, -0.05) is 24.3 Å². The molecule has 0 saturated carbocycles. The summed E-state index contributed by atoms with van der Waals surface area (Å²) in [5, 5.41) is 6.55. The van der Waals surface area contributed by atoms with E-state index in [2.05, 4.69) is 51.7 Å². The van der Waals surface area contributed by atoms with Crippen molar-refractivity contribution in [1.29, 1.82) is 0 Å². The third kappa shape index (κ3) is 9.16. The number of morpholine rings is 1. The molecule has 1 aliphatic heterocycles. The van der Waals surface area contributed by atoms with E-state index in [-0.39, 0.29) is 24.0 Å². The number of aliphatic imine (C=N–C) groups is 1. The zero-order valence-electron chi connectivity index (χ0n) is 16.0. The van der Waals surface area contributed by atoms with Crippen LogP contribution in [0.3, 0.4) is 0 Å². The number of benzene rings is 1. The van der Waals surface area contributed by atoms with E-state index in [0.717, 1.165) is 58.5 Å². The number of rotatable bonds is 9. The van der Waals surface area contributed by atoms with Crippen molar-refractivity contribution in [3.63, 3.8) is 0 Å². The standard InChI is InChI=1S/C19H32N4O2.HI/c1-3-20-19(21-9-12-24-4-2)22-15-17-5-7-18(8-6-17)16-23-10-13-25-14-11-23;/h5-8H,3-4,9-16H2,1-2H3,(H2,20,21,22);1H. The summed E-state index contributed by atoms with van der Waals surface area (Å²) in [7, 11) is 0. The van der Waals surface area contributed by atoms with E-state index < -0.39 is 0 Å². The van der Waals surface area contributed by atoms with E-state index >= 15 is 0 Å². The van der Waals surface area contributed by atoms with Crippen molar-refractivity contribution < 1.29 is 9.47 Å². The number of nitrogens with zero attached hydrogens (tertiary/aromatic N) is 2. The Kier molecular flexibility index (Phi) is 12.6. The molecular weight excluding hydrogens is 443 g/mol. The van der Waals surface area contributed by atoms with Crippen LogP contribution in [-0.4, -0.2) is 63.5 Å². The molecule has 0 aromatic heterocycles. The maximum Gasteiger partial charge on any atom is 0.191 e. The van der Waals surface area contributed by atoms with Crippen LogP contribution in [0.5, 0.6) is 0 Å². The van der Waals surface area contributed by atoms with Gasteiger partial charge in [-0.2, -0.15) is 0 Å². The molecule has 26 heavy (non-hydrogen) atoms. The van der Waals surface area contributed by atoms with Gasteiger partial charge in [0.05, 0.1) is 26.4 Å². The van der Waals surface area contributed by atoms with Gasteiger partial charge in [0, 0.05) is 39.3 Å². The van der Waals surface area contributed by atoms with Crippen LogP contribution in [0.1, 0.15) is 25.0 Å². The number of halogens is 1. The summed E-state index contributed by atoms with van der Waals surface area (Å²) in [5.41, 5.74) is 2.56. The molecule has 148 valence electrons. The van der Waals surface area contributed by atoms with Crippen molar-refractivity contribution in [3.8, 4) is 0 Å². The van der Waals surface area contributed by atoms with Gasteiger partial charge in [0.25, 0.3) is 0 Å². The zero-order valence-corrected chi connectivity index (χ0v) is 18.3. The molecule has 1 fully saturated rings. The summed E-state index contributed by atoms with van der Waals surface area (Å²) in [6, 6.07) is 8.75. The molecule has 1 aromatic carbocycles. The van der Waals surface area contributed by atoms with Gasteiger partial charge in [0.2, 0.25) is 0 Å². The summed E-state index contributed by atoms with van der Waals surface area (Å²) in [4.78, 5) is 7.07. The summed E-state index contributed by atoms with van der Waals surface area (Å²) < 4.78 is 10.7. The Hall–Kier alpha value is -0.900. The molecule has 1 heterocycles. The van der Waals surface area contributed by atoms with Crippen molar-refractivity contribution >= 4 is 29.9 Å². The molecule has 1 aromatic rings. The average Bonchev–Trinajstić information content (AvgIpc) is 2.65. The summed E-state index contributed by atoms with van der Waals surface area (Å²) in [6.07, 6.45) is 0. The van der Waals surface area contributed by atoms with Gasteiger partial charge in [-0.3, -0.25) is 4.90 Å². The summed E-state index contributed by atoms with van der Waals surface area (Å²) >= 11 is 0. The second kappa shape index (κ2) is 14.2.